The summed E-state index contributed by atoms with van der Waals surface area (Å²) in [5, 5.41) is 0. The first-order valence-electron chi connectivity index (χ1n) is 8.50. The van der Waals surface area contributed by atoms with Gasteiger partial charge in [-0.1, -0.05) is 41.9 Å². The van der Waals surface area contributed by atoms with Crippen molar-refractivity contribution in [3.05, 3.63) is 40.3 Å². The number of rotatable bonds is 2. The standard InChI is InChI=1S/C18H23BrO/c1-4-13-10-18(8-7-17(13)20-3)11-14-5-6-15(19)9-16(14)12(18)2/h5-6,9,13,17H,2,4,7-8,10-11H2,1,3H3/t13-,17-,18-/m0/s1/i2D2. The van der Waals surface area contributed by atoms with Crippen molar-refractivity contribution in [2.24, 2.45) is 11.3 Å². The second kappa shape index (κ2) is 5.31. The zero-order valence-corrected chi connectivity index (χ0v) is 13.8. The van der Waals surface area contributed by atoms with Crippen LogP contribution in [-0.2, 0) is 11.2 Å². The third-order valence-corrected chi connectivity index (χ3v) is 5.81. The molecule has 0 amide bonds. The Hall–Kier alpha value is -0.600. The number of allylic oxidation sites excluding steroid dienone is 1. The number of hydrogen-bond donors (Lipinski definition) is 0. The molecule has 1 spiro atoms. The molecular weight excluding hydrogens is 312 g/mol. The van der Waals surface area contributed by atoms with Gasteiger partial charge in [-0.2, -0.15) is 0 Å². The van der Waals surface area contributed by atoms with Crippen LogP contribution >= 0.6 is 15.9 Å². The van der Waals surface area contributed by atoms with Crippen LogP contribution < -0.4 is 0 Å². The van der Waals surface area contributed by atoms with Gasteiger partial charge in [0.25, 0.3) is 0 Å². The van der Waals surface area contributed by atoms with E-state index in [2.05, 4.69) is 41.1 Å². The minimum atomic E-state index is -0.0301. The van der Waals surface area contributed by atoms with E-state index in [1.165, 1.54) is 5.56 Å². The third kappa shape index (κ3) is 2.17. The van der Waals surface area contributed by atoms with Gasteiger partial charge in [0.05, 0.1) is 8.85 Å². The van der Waals surface area contributed by atoms with E-state index in [1.807, 2.05) is 7.11 Å². The molecule has 108 valence electrons. The van der Waals surface area contributed by atoms with Gasteiger partial charge in [0.2, 0.25) is 0 Å². The molecule has 1 aromatic rings. The summed E-state index contributed by atoms with van der Waals surface area (Å²) in [7, 11) is 1.81. The third-order valence-electron chi connectivity index (χ3n) is 5.31. The average molecular weight is 337 g/mol. The molecule has 3 atom stereocenters. The second-order valence-electron chi connectivity index (χ2n) is 6.32. The minimum Gasteiger partial charge on any atom is -0.381 e. The molecule has 0 saturated heterocycles. The maximum atomic E-state index is 8.06. The van der Waals surface area contributed by atoms with E-state index in [-0.39, 0.29) is 11.9 Å². The molecule has 0 heterocycles. The van der Waals surface area contributed by atoms with E-state index in [4.69, 9.17) is 7.48 Å². The van der Waals surface area contributed by atoms with Crippen molar-refractivity contribution in [1.29, 1.82) is 0 Å². The van der Waals surface area contributed by atoms with Crippen molar-refractivity contribution >= 4 is 21.5 Å². The first-order chi connectivity index (χ1) is 10.5. The summed E-state index contributed by atoms with van der Waals surface area (Å²) in [5.74, 6) is 0.519. The molecule has 0 N–H and O–H groups in total. The summed E-state index contributed by atoms with van der Waals surface area (Å²) >= 11 is 3.54. The lowest BCUT2D eigenvalue weighted by Crippen LogP contribution is -2.37. The van der Waals surface area contributed by atoms with E-state index in [1.54, 1.807) is 0 Å². The molecule has 1 saturated carbocycles. The molecule has 1 nitrogen and oxygen atoms in total. The summed E-state index contributed by atoms with van der Waals surface area (Å²) in [6, 6.07) is 6.31. The Labute approximate surface area is 133 Å². The van der Waals surface area contributed by atoms with Crippen LogP contribution in [0.4, 0.5) is 0 Å². The Bertz CT molecular complexity index is 609. The maximum absolute atomic E-state index is 8.06. The number of benzene rings is 1. The predicted octanol–water partition coefficient (Wildman–Crippen LogP) is 5.23. The van der Waals surface area contributed by atoms with Gasteiger partial charge in [0.15, 0.2) is 0 Å². The van der Waals surface area contributed by atoms with Crippen molar-refractivity contribution < 1.29 is 7.48 Å². The van der Waals surface area contributed by atoms with Gasteiger partial charge in [-0.05, 0) is 65.8 Å². The molecule has 2 aliphatic rings. The van der Waals surface area contributed by atoms with E-state index < -0.39 is 0 Å². The minimum absolute atomic E-state index is 0.0115. The number of methoxy groups -OCH3 is 1. The number of ether oxygens (including phenoxy) is 1. The Morgan fingerprint density at radius 3 is 3.10 bits per heavy atom. The zero-order chi connectivity index (χ0) is 15.9. The molecule has 20 heavy (non-hydrogen) atoms. The largest absolute Gasteiger partial charge is 0.381 e. The van der Waals surface area contributed by atoms with Crippen molar-refractivity contribution in [2.45, 2.75) is 45.1 Å². The van der Waals surface area contributed by atoms with Crippen LogP contribution in [0.5, 0.6) is 0 Å². The van der Waals surface area contributed by atoms with E-state index in [9.17, 15) is 0 Å². The molecule has 3 rings (SSSR count). The molecule has 1 aromatic carbocycles. The van der Waals surface area contributed by atoms with Crippen molar-refractivity contribution in [3.63, 3.8) is 0 Å². The van der Waals surface area contributed by atoms with Crippen molar-refractivity contribution in [3.8, 4) is 0 Å². The highest BCUT2D eigenvalue weighted by molar-refractivity contribution is 9.10. The molecule has 2 heteroatoms. The Kier molecular flexibility index (Phi) is 3.18. The van der Waals surface area contributed by atoms with Crippen molar-refractivity contribution in [1.82, 2.24) is 0 Å². The summed E-state index contributed by atoms with van der Waals surface area (Å²) < 4.78 is 22.8. The van der Waals surface area contributed by atoms with Gasteiger partial charge >= 0.3 is 0 Å². The van der Waals surface area contributed by atoms with Gasteiger partial charge in [-0.3, -0.25) is 0 Å². The number of fused-ring (bicyclic) bond motifs is 1. The van der Waals surface area contributed by atoms with Gasteiger partial charge in [-0.15, -0.1) is 0 Å². The highest BCUT2D eigenvalue weighted by Gasteiger charge is 2.46. The predicted molar refractivity (Wildman–Crippen MR) is 87.7 cm³/mol. The van der Waals surface area contributed by atoms with Crippen LogP contribution in [0.1, 0.15) is 46.5 Å². The van der Waals surface area contributed by atoms with Crippen LogP contribution in [0.25, 0.3) is 5.57 Å². The molecule has 0 bridgehead atoms. The lowest BCUT2D eigenvalue weighted by atomic mass is 9.64. The lowest BCUT2D eigenvalue weighted by molar-refractivity contribution is -0.00593. The van der Waals surface area contributed by atoms with Crippen LogP contribution in [0.2, 0.25) is 0 Å². The Morgan fingerprint density at radius 1 is 1.55 bits per heavy atom. The van der Waals surface area contributed by atoms with Crippen LogP contribution in [-0.4, -0.2) is 13.2 Å². The zero-order valence-electron chi connectivity index (χ0n) is 14.2. The molecule has 0 aromatic heterocycles. The number of hydrogen-bond acceptors (Lipinski definition) is 1. The topological polar surface area (TPSA) is 9.23 Å². The van der Waals surface area contributed by atoms with E-state index in [0.717, 1.165) is 47.7 Å². The summed E-state index contributed by atoms with van der Waals surface area (Å²) in [6.07, 6.45) is 5.47. The van der Waals surface area contributed by atoms with Gasteiger partial charge < -0.3 is 4.74 Å². The molecule has 0 aliphatic heterocycles. The quantitative estimate of drug-likeness (QED) is 0.718. The fourth-order valence-corrected chi connectivity index (χ4v) is 4.53. The fourth-order valence-electron chi connectivity index (χ4n) is 4.17. The molecule has 2 aliphatic carbocycles. The highest BCUT2D eigenvalue weighted by Crippen LogP contribution is 2.56. The number of halogens is 1. The molecular formula is C18H23BrO. The maximum Gasteiger partial charge on any atom is 0.0600 e. The highest BCUT2D eigenvalue weighted by atomic mass is 79.9. The average Bonchev–Trinajstić information content (AvgIpc) is 2.79. The second-order valence-corrected chi connectivity index (χ2v) is 7.23. The monoisotopic (exact) mass is 336 g/mol. The van der Waals surface area contributed by atoms with E-state index in [0.29, 0.717) is 12.0 Å². The van der Waals surface area contributed by atoms with Gasteiger partial charge in [0.1, 0.15) is 0 Å². The first kappa shape index (κ1) is 12.0. The summed E-state index contributed by atoms with van der Waals surface area (Å²) in [5.41, 5.74) is 3.33. The molecule has 1 fully saturated rings. The smallest absolute Gasteiger partial charge is 0.0600 e. The van der Waals surface area contributed by atoms with E-state index >= 15 is 0 Å². The SMILES string of the molecule is [2H]C([2H])=C1c2cc(Br)ccc2C[C@@]12CC[C@H](OC)[C@@H](CC)C2. The molecule has 0 radical (unpaired) electrons. The van der Waals surface area contributed by atoms with Crippen LogP contribution in [0, 0.1) is 11.3 Å². The fraction of sp³-hybridized carbons (Fsp3) is 0.556. The Morgan fingerprint density at radius 2 is 2.40 bits per heavy atom. The lowest BCUT2D eigenvalue weighted by Gasteiger charge is -2.43. The molecule has 0 unspecified atom stereocenters. The van der Waals surface area contributed by atoms with Gasteiger partial charge in [0, 0.05) is 11.6 Å². The summed E-state index contributed by atoms with van der Waals surface area (Å²) in [6.45, 7) is 2.21. The van der Waals surface area contributed by atoms with Crippen LogP contribution in [0.15, 0.2) is 29.2 Å². The van der Waals surface area contributed by atoms with Crippen molar-refractivity contribution in [2.75, 3.05) is 7.11 Å². The summed E-state index contributed by atoms with van der Waals surface area (Å²) in [4.78, 5) is 0. The normalized spacial score (nSPS) is 33.9. The first-order valence-corrected chi connectivity index (χ1v) is 8.29. The van der Waals surface area contributed by atoms with Gasteiger partial charge in [-0.25, -0.2) is 0 Å². The van der Waals surface area contributed by atoms with Crippen LogP contribution in [0.3, 0.4) is 0 Å². The Balaban J connectivity index is 2.03.